The summed E-state index contributed by atoms with van der Waals surface area (Å²) >= 11 is 0. The second-order valence-electron chi connectivity index (χ2n) is 5.03. The average molecular weight is 213 g/mol. The van der Waals surface area contributed by atoms with Crippen LogP contribution in [0.25, 0.3) is 0 Å². The Bertz CT molecular complexity index is 240. The third kappa shape index (κ3) is 2.69. The molecule has 1 amide bonds. The van der Waals surface area contributed by atoms with Gasteiger partial charge in [-0.1, -0.05) is 6.92 Å². The van der Waals surface area contributed by atoms with E-state index in [1.807, 2.05) is 6.92 Å². The number of nitrogens with zero attached hydrogens (tertiary/aromatic N) is 2. The van der Waals surface area contributed by atoms with Gasteiger partial charge in [0.25, 0.3) is 0 Å². The van der Waals surface area contributed by atoms with Gasteiger partial charge in [0.2, 0.25) is 5.91 Å². The zero-order valence-corrected chi connectivity index (χ0v) is 10.3. The van der Waals surface area contributed by atoms with E-state index in [2.05, 4.69) is 30.7 Å². The largest absolute Gasteiger partial charge is 0.368 e. The predicted octanol–water partition coefficient (Wildman–Crippen LogP) is 0.276. The van der Waals surface area contributed by atoms with Crippen LogP contribution in [-0.4, -0.2) is 54.0 Å². The molecule has 0 bridgehead atoms. The lowest BCUT2D eigenvalue weighted by Gasteiger charge is -2.47. The van der Waals surface area contributed by atoms with Gasteiger partial charge in [-0.2, -0.15) is 0 Å². The first-order valence-electron chi connectivity index (χ1n) is 5.63. The minimum absolute atomic E-state index is 0.0991. The van der Waals surface area contributed by atoms with Crippen LogP contribution < -0.4 is 5.73 Å². The molecule has 1 rings (SSSR count). The molecule has 0 aromatic heterocycles. The molecule has 1 aliphatic heterocycles. The van der Waals surface area contributed by atoms with Gasteiger partial charge in [0.05, 0.1) is 6.04 Å². The van der Waals surface area contributed by atoms with Crippen LogP contribution in [0.2, 0.25) is 0 Å². The first-order chi connectivity index (χ1) is 6.88. The zero-order chi connectivity index (χ0) is 11.6. The lowest BCUT2D eigenvalue weighted by molar-refractivity contribution is -0.125. The minimum atomic E-state index is -0.196. The van der Waals surface area contributed by atoms with Gasteiger partial charge in [0.1, 0.15) is 0 Å². The molecule has 1 fully saturated rings. The van der Waals surface area contributed by atoms with Crippen molar-refractivity contribution in [2.24, 2.45) is 5.73 Å². The van der Waals surface area contributed by atoms with E-state index < -0.39 is 0 Å². The van der Waals surface area contributed by atoms with Crippen molar-refractivity contribution in [3.8, 4) is 0 Å². The first-order valence-corrected chi connectivity index (χ1v) is 5.63. The van der Waals surface area contributed by atoms with Crippen molar-refractivity contribution in [3.63, 3.8) is 0 Å². The van der Waals surface area contributed by atoms with Gasteiger partial charge < -0.3 is 5.73 Å². The highest BCUT2D eigenvalue weighted by Crippen LogP contribution is 2.21. The standard InChI is InChI=1S/C11H23N3O/c1-5-9(10(12)15)14-7-6-13(4)11(2,3)8-14/h9H,5-8H2,1-4H3,(H2,12,15). The Morgan fingerprint density at radius 3 is 2.47 bits per heavy atom. The van der Waals surface area contributed by atoms with E-state index in [0.29, 0.717) is 0 Å². The fourth-order valence-corrected chi connectivity index (χ4v) is 2.18. The second-order valence-corrected chi connectivity index (χ2v) is 5.03. The summed E-state index contributed by atoms with van der Waals surface area (Å²) in [6.45, 7) is 9.25. The molecule has 2 N–H and O–H groups in total. The Labute approximate surface area is 92.4 Å². The van der Waals surface area contributed by atoms with Crippen molar-refractivity contribution in [1.82, 2.24) is 9.80 Å². The summed E-state index contributed by atoms with van der Waals surface area (Å²) in [5.74, 6) is -0.196. The quantitative estimate of drug-likeness (QED) is 0.732. The van der Waals surface area contributed by atoms with Crippen LogP contribution in [0.5, 0.6) is 0 Å². The maximum Gasteiger partial charge on any atom is 0.234 e. The summed E-state index contributed by atoms with van der Waals surface area (Å²) in [5, 5.41) is 0. The highest BCUT2D eigenvalue weighted by Gasteiger charge is 2.35. The Morgan fingerprint density at radius 1 is 1.47 bits per heavy atom. The molecule has 1 aliphatic rings. The number of piperazine rings is 1. The van der Waals surface area contributed by atoms with Gasteiger partial charge in [-0.3, -0.25) is 14.6 Å². The maximum absolute atomic E-state index is 11.3. The third-order valence-electron chi connectivity index (χ3n) is 3.50. The molecule has 0 aromatic rings. The van der Waals surface area contributed by atoms with E-state index in [-0.39, 0.29) is 17.5 Å². The molecule has 0 aliphatic carbocycles. The van der Waals surface area contributed by atoms with Crippen LogP contribution in [0.1, 0.15) is 27.2 Å². The van der Waals surface area contributed by atoms with Gasteiger partial charge in [0, 0.05) is 25.2 Å². The Kier molecular flexibility index (Phi) is 3.73. The lowest BCUT2D eigenvalue weighted by Crippen LogP contribution is -2.61. The fourth-order valence-electron chi connectivity index (χ4n) is 2.18. The zero-order valence-electron chi connectivity index (χ0n) is 10.3. The topological polar surface area (TPSA) is 49.6 Å². The Balaban J connectivity index is 2.69. The van der Waals surface area contributed by atoms with Crippen molar-refractivity contribution in [2.45, 2.75) is 38.8 Å². The number of hydrogen-bond donors (Lipinski definition) is 1. The molecule has 1 heterocycles. The lowest BCUT2D eigenvalue weighted by atomic mass is 9.97. The van der Waals surface area contributed by atoms with Gasteiger partial charge in [-0.05, 0) is 27.3 Å². The second kappa shape index (κ2) is 4.49. The molecule has 4 nitrogen and oxygen atoms in total. The van der Waals surface area contributed by atoms with E-state index >= 15 is 0 Å². The number of rotatable bonds is 3. The monoisotopic (exact) mass is 213 g/mol. The average Bonchev–Trinajstić information content (AvgIpc) is 2.11. The first kappa shape index (κ1) is 12.5. The number of carbonyl (C=O) groups excluding carboxylic acids is 1. The summed E-state index contributed by atoms with van der Waals surface area (Å²) < 4.78 is 0. The summed E-state index contributed by atoms with van der Waals surface area (Å²) in [4.78, 5) is 15.8. The van der Waals surface area contributed by atoms with Crippen molar-refractivity contribution >= 4 is 5.91 Å². The summed E-state index contributed by atoms with van der Waals surface area (Å²) in [6, 6.07) is -0.0991. The van der Waals surface area contributed by atoms with Crippen LogP contribution in [-0.2, 0) is 4.79 Å². The fraction of sp³-hybridized carbons (Fsp3) is 0.909. The summed E-state index contributed by atoms with van der Waals surface area (Å²) in [6.07, 6.45) is 0.801. The van der Waals surface area contributed by atoms with E-state index in [0.717, 1.165) is 26.1 Å². The molecular weight excluding hydrogens is 190 g/mol. The SMILES string of the molecule is CCC(C(N)=O)N1CCN(C)C(C)(C)C1. The number of hydrogen-bond acceptors (Lipinski definition) is 3. The van der Waals surface area contributed by atoms with E-state index in [4.69, 9.17) is 5.73 Å². The van der Waals surface area contributed by atoms with Crippen molar-refractivity contribution in [2.75, 3.05) is 26.7 Å². The smallest absolute Gasteiger partial charge is 0.234 e. The van der Waals surface area contributed by atoms with Crippen molar-refractivity contribution in [3.05, 3.63) is 0 Å². The minimum Gasteiger partial charge on any atom is -0.368 e. The van der Waals surface area contributed by atoms with Crippen LogP contribution in [0.3, 0.4) is 0 Å². The third-order valence-corrected chi connectivity index (χ3v) is 3.50. The number of likely N-dealkylation sites (N-methyl/N-ethyl adjacent to an activating group) is 1. The highest BCUT2D eigenvalue weighted by atomic mass is 16.1. The van der Waals surface area contributed by atoms with Crippen LogP contribution in [0, 0.1) is 0 Å². The number of nitrogens with two attached hydrogens (primary N) is 1. The molecule has 88 valence electrons. The molecular formula is C11H23N3O. The van der Waals surface area contributed by atoms with E-state index in [1.165, 1.54) is 0 Å². The van der Waals surface area contributed by atoms with E-state index in [1.54, 1.807) is 0 Å². The molecule has 0 radical (unpaired) electrons. The molecule has 0 saturated carbocycles. The Morgan fingerprint density at radius 2 is 2.07 bits per heavy atom. The molecule has 0 spiro atoms. The van der Waals surface area contributed by atoms with Crippen molar-refractivity contribution in [1.29, 1.82) is 0 Å². The number of carbonyl (C=O) groups is 1. The van der Waals surface area contributed by atoms with Gasteiger partial charge >= 0.3 is 0 Å². The molecule has 1 saturated heterocycles. The van der Waals surface area contributed by atoms with Crippen LogP contribution in [0.4, 0.5) is 0 Å². The highest BCUT2D eigenvalue weighted by molar-refractivity contribution is 5.79. The molecule has 1 atom stereocenters. The van der Waals surface area contributed by atoms with Gasteiger partial charge in [-0.15, -0.1) is 0 Å². The maximum atomic E-state index is 11.3. The van der Waals surface area contributed by atoms with Crippen molar-refractivity contribution < 1.29 is 4.79 Å². The number of amides is 1. The normalized spacial score (nSPS) is 25.1. The predicted molar refractivity (Wildman–Crippen MR) is 61.6 cm³/mol. The van der Waals surface area contributed by atoms with Gasteiger partial charge in [-0.25, -0.2) is 0 Å². The van der Waals surface area contributed by atoms with Crippen LogP contribution >= 0.6 is 0 Å². The van der Waals surface area contributed by atoms with E-state index in [9.17, 15) is 4.79 Å². The molecule has 0 aromatic carbocycles. The molecule has 1 unspecified atom stereocenters. The Hall–Kier alpha value is -0.610. The molecule has 15 heavy (non-hydrogen) atoms. The number of primary amides is 1. The summed E-state index contributed by atoms with van der Waals surface area (Å²) in [5.41, 5.74) is 5.53. The van der Waals surface area contributed by atoms with Gasteiger partial charge in [0.15, 0.2) is 0 Å². The van der Waals surface area contributed by atoms with Crippen LogP contribution in [0.15, 0.2) is 0 Å². The molecule has 4 heteroatoms. The summed E-state index contributed by atoms with van der Waals surface area (Å²) in [7, 11) is 2.13.